The fourth-order valence-corrected chi connectivity index (χ4v) is 3.16. The van der Waals surface area contributed by atoms with Crippen LogP contribution in [0.4, 0.5) is 0 Å². The van der Waals surface area contributed by atoms with Crippen molar-refractivity contribution in [2.45, 2.75) is 19.3 Å². The highest BCUT2D eigenvalue weighted by Gasteiger charge is 2.18. The summed E-state index contributed by atoms with van der Waals surface area (Å²) in [6.07, 6.45) is 2.65. The van der Waals surface area contributed by atoms with Crippen LogP contribution in [0, 0.1) is 5.92 Å². The molecule has 23 heavy (non-hydrogen) atoms. The smallest absolute Gasteiger partial charge is 0.224 e. The largest absolute Gasteiger partial charge is 0.486 e. The van der Waals surface area contributed by atoms with Crippen molar-refractivity contribution in [2.24, 2.45) is 5.92 Å². The molecule has 3 rings (SSSR count). The molecule has 0 radical (unpaired) electrons. The van der Waals surface area contributed by atoms with Gasteiger partial charge in [0.15, 0.2) is 11.5 Å². The van der Waals surface area contributed by atoms with E-state index in [2.05, 4.69) is 10.6 Å². The normalized spacial score (nSPS) is 19.6. The minimum absolute atomic E-state index is 0. The lowest BCUT2D eigenvalue weighted by Gasteiger charge is -2.23. The summed E-state index contributed by atoms with van der Waals surface area (Å²) in [6, 6.07) is 3.61. The Balaban J connectivity index is 0.00000192. The first-order valence-corrected chi connectivity index (χ1v) is 8.15. The first kappa shape index (κ1) is 18.2. The Bertz CT molecular complexity index is 548. The van der Waals surface area contributed by atoms with E-state index in [0.717, 1.165) is 25.2 Å². The predicted molar refractivity (Wildman–Crippen MR) is 92.0 cm³/mol. The van der Waals surface area contributed by atoms with Gasteiger partial charge in [0.2, 0.25) is 5.91 Å². The van der Waals surface area contributed by atoms with Crippen LogP contribution in [0.1, 0.15) is 18.4 Å². The number of ether oxygens (including phenoxy) is 2. The lowest BCUT2D eigenvalue weighted by Crippen LogP contribution is -2.38. The van der Waals surface area contributed by atoms with Crippen molar-refractivity contribution < 1.29 is 14.3 Å². The van der Waals surface area contributed by atoms with Crippen LogP contribution in [0.25, 0.3) is 0 Å². The van der Waals surface area contributed by atoms with Gasteiger partial charge < -0.3 is 20.1 Å². The number of nitrogens with one attached hydrogen (secondary N) is 2. The second-order valence-corrected chi connectivity index (χ2v) is 6.20. The van der Waals surface area contributed by atoms with Gasteiger partial charge in [0.1, 0.15) is 13.2 Å². The van der Waals surface area contributed by atoms with Gasteiger partial charge in [-0.3, -0.25) is 4.79 Å². The van der Waals surface area contributed by atoms with Gasteiger partial charge in [0.25, 0.3) is 0 Å². The molecule has 2 heterocycles. The van der Waals surface area contributed by atoms with Crippen LogP contribution in [0.15, 0.2) is 12.1 Å². The molecule has 0 aromatic heterocycles. The number of piperidine rings is 1. The molecule has 0 aliphatic carbocycles. The van der Waals surface area contributed by atoms with Crippen LogP contribution in [0.5, 0.6) is 11.5 Å². The van der Waals surface area contributed by atoms with Gasteiger partial charge in [-0.05, 0) is 49.5 Å². The van der Waals surface area contributed by atoms with Crippen LogP contribution < -0.4 is 20.1 Å². The van der Waals surface area contributed by atoms with E-state index in [1.807, 2.05) is 6.07 Å². The Hall–Kier alpha value is -1.17. The lowest BCUT2D eigenvalue weighted by molar-refractivity contribution is -0.120. The molecule has 5 nitrogen and oxygen atoms in total. The second kappa shape index (κ2) is 8.62. The van der Waals surface area contributed by atoms with Gasteiger partial charge in [-0.1, -0.05) is 11.6 Å². The van der Waals surface area contributed by atoms with E-state index in [-0.39, 0.29) is 18.3 Å². The molecular weight excluding hydrogens is 339 g/mol. The molecule has 1 aromatic carbocycles. The number of carbonyl (C=O) groups excluding carboxylic acids is 1. The SMILES string of the molecule is Cl.O=C(Cc1cc(Cl)c2c(c1)OCCO2)NCC1CCCNC1. The maximum Gasteiger partial charge on any atom is 0.224 e. The van der Waals surface area contributed by atoms with Crippen LogP contribution in [-0.2, 0) is 11.2 Å². The van der Waals surface area contributed by atoms with Crippen molar-refractivity contribution in [2.75, 3.05) is 32.8 Å². The molecule has 1 saturated heterocycles. The predicted octanol–water partition coefficient (Wildman–Crippen LogP) is 2.19. The molecule has 0 spiro atoms. The number of halogens is 2. The number of rotatable bonds is 4. The summed E-state index contributed by atoms with van der Waals surface area (Å²) in [5.41, 5.74) is 0.841. The van der Waals surface area contributed by atoms with Crippen molar-refractivity contribution in [3.8, 4) is 11.5 Å². The Morgan fingerprint density at radius 2 is 2.17 bits per heavy atom. The van der Waals surface area contributed by atoms with Crippen LogP contribution in [-0.4, -0.2) is 38.8 Å². The fraction of sp³-hybridized carbons (Fsp3) is 0.562. The third-order valence-corrected chi connectivity index (χ3v) is 4.29. The van der Waals surface area contributed by atoms with Crippen molar-refractivity contribution in [3.05, 3.63) is 22.7 Å². The lowest BCUT2D eigenvalue weighted by atomic mass is 9.99. The van der Waals surface area contributed by atoms with Gasteiger partial charge >= 0.3 is 0 Å². The molecule has 1 fully saturated rings. The fourth-order valence-electron chi connectivity index (χ4n) is 2.87. The van der Waals surface area contributed by atoms with Gasteiger partial charge in [0.05, 0.1) is 11.4 Å². The zero-order valence-corrected chi connectivity index (χ0v) is 14.5. The molecule has 2 N–H and O–H groups in total. The Labute approximate surface area is 147 Å². The third-order valence-electron chi connectivity index (χ3n) is 4.01. The highest BCUT2D eigenvalue weighted by atomic mass is 35.5. The number of fused-ring (bicyclic) bond motifs is 1. The van der Waals surface area contributed by atoms with Crippen LogP contribution in [0.3, 0.4) is 0 Å². The van der Waals surface area contributed by atoms with Gasteiger partial charge in [-0.2, -0.15) is 0 Å². The highest BCUT2D eigenvalue weighted by molar-refractivity contribution is 6.32. The van der Waals surface area contributed by atoms with E-state index < -0.39 is 0 Å². The summed E-state index contributed by atoms with van der Waals surface area (Å²) in [6.45, 7) is 3.80. The molecule has 7 heteroatoms. The van der Waals surface area contributed by atoms with Gasteiger partial charge in [-0.25, -0.2) is 0 Å². The average Bonchev–Trinajstić information content (AvgIpc) is 2.54. The summed E-state index contributed by atoms with van der Waals surface area (Å²) in [7, 11) is 0. The zero-order valence-electron chi connectivity index (χ0n) is 12.9. The minimum Gasteiger partial charge on any atom is -0.486 e. The van der Waals surface area contributed by atoms with Crippen molar-refractivity contribution in [1.82, 2.24) is 10.6 Å². The van der Waals surface area contributed by atoms with E-state index in [9.17, 15) is 4.79 Å². The molecule has 0 saturated carbocycles. The standard InChI is InChI=1S/C16H21ClN2O3.ClH/c17-13-6-12(7-14-16(13)22-5-4-21-14)8-15(20)19-10-11-2-1-3-18-9-11;/h6-7,11,18H,1-5,8-10H2,(H,19,20);1H. The highest BCUT2D eigenvalue weighted by Crippen LogP contribution is 2.38. The van der Waals surface area contributed by atoms with E-state index in [1.54, 1.807) is 6.07 Å². The zero-order chi connectivity index (χ0) is 15.4. The van der Waals surface area contributed by atoms with Crippen LogP contribution in [0.2, 0.25) is 5.02 Å². The summed E-state index contributed by atoms with van der Waals surface area (Å²) < 4.78 is 11.0. The number of hydrogen-bond acceptors (Lipinski definition) is 4. The number of hydrogen-bond donors (Lipinski definition) is 2. The minimum atomic E-state index is 0. The maximum atomic E-state index is 12.1. The maximum absolute atomic E-state index is 12.1. The monoisotopic (exact) mass is 360 g/mol. The van der Waals surface area contributed by atoms with E-state index >= 15 is 0 Å². The van der Waals surface area contributed by atoms with E-state index in [1.165, 1.54) is 12.8 Å². The molecule has 128 valence electrons. The molecule has 0 bridgehead atoms. The molecule has 1 unspecified atom stereocenters. The second-order valence-electron chi connectivity index (χ2n) is 5.80. The summed E-state index contributed by atoms with van der Waals surface area (Å²) in [4.78, 5) is 12.1. The third kappa shape index (κ3) is 4.90. The summed E-state index contributed by atoms with van der Waals surface area (Å²) in [5, 5.41) is 6.85. The van der Waals surface area contributed by atoms with Crippen LogP contribution >= 0.6 is 24.0 Å². The van der Waals surface area contributed by atoms with E-state index in [0.29, 0.717) is 42.1 Å². The number of amides is 1. The Morgan fingerprint density at radius 3 is 2.96 bits per heavy atom. The van der Waals surface area contributed by atoms with Crippen molar-refractivity contribution in [1.29, 1.82) is 0 Å². The summed E-state index contributed by atoms with van der Waals surface area (Å²) in [5.74, 6) is 1.74. The summed E-state index contributed by atoms with van der Waals surface area (Å²) >= 11 is 6.18. The molecular formula is C16H22Cl2N2O3. The van der Waals surface area contributed by atoms with Gasteiger partial charge in [0, 0.05) is 6.54 Å². The van der Waals surface area contributed by atoms with Crippen molar-refractivity contribution >= 4 is 29.9 Å². The Kier molecular flexibility index (Phi) is 6.81. The molecule has 2 aliphatic rings. The molecule has 1 aromatic rings. The number of carbonyl (C=O) groups is 1. The molecule has 2 aliphatic heterocycles. The first-order chi connectivity index (χ1) is 10.7. The molecule has 1 amide bonds. The molecule has 1 atom stereocenters. The topological polar surface area (TPSA) is 59.6 Å². The van der Waals surface area contributed by atoms with Gasteiger partial charge in [-0.15, -0.1) is 12.4 Å². The number of benzene rings is 1. The van der Waals surface area contributed by atoms with E-state index in [4.69, 9.17) is 21.1 Å². The quantitative estimate of drug-likeness (QED) is 0.863. The Morgan fingerprint density at radius 1 is 1.35 bits per heavy atom. The first-order valence-electron chi connectivity index (χ1n) is 7.78. The average molecular weight is 361 g/mol. The van der Waals surface area contributed by atoms with Crippen molar-refractivity contribution in [3.63, 3.8) is 0 Å².